The van der Waals surface area contributed by atoms with E-state index in [-0.39, 0.29) is 6.42 Å². The summed E-state index contributed by atoms with van der Waals surface area (Å²) in [6.07, 6.45) is 0.395. The Kier molecular flexibility index (Phi) is 5.59. The average molecular weight is 230 g/mol. The molecule has 0 amide bonds. The van der Waals surface area contributed by atoms with Crippen molar-refractivity contribution in [2.45, 2.75) is 12.5 Å². The van der Waals surface area contributed by atoms with Gasteiger partial charge < -0.3 is 14.9 Å². The number of thioether (sulfide) groups is 1. The van der Waals surface area contributed by atoms with Crippen LogP contribution in [-0.2, 0) is 13.9 Å². The first kappa shape index (κ1) is 12.9. The minimum absolute atomic E-state index is 0.0710. The van der Waals surface area contributed by atoms with Crippen LogP contribution in [0.3, 0.4) is 0 Å². The van der Waals surface area contributed by atoms with Gasteiger partial charge in [-0.05, 0) is 18.4 Å². The molecule has 0 saturated heterocycles. The van der Waals surface area contributed by atoms with E-state index < -0.39 is 19.9 Å². The second kappa shape index (κ2) is 5.62. The molecule has 0 rings (SSSR count). The van der Waals surface area contributed by atoms with Gasteiger partial charge in [0.05, 0.1) is 0 Å². The molecule has 0 fully saturated rings. The average Bonchev–Trinajstić information content (AvgIpc) is 1.95. The molecule has 3 N–H and O–H groups in total. The van der Waals surface area contributed by atoms with Gasteiger partial charge in [-0.2, -0.15) is 11.8 Å². The van der Waals surface area contributed by atoms with E-state index in [1.807, 2.05) is 0 Å². The zero-order valence-corrected chi connectivity index (χ0v) is 8.62. The van der Waals surface area contributed by atoms with Crippen LogP contribution < -0.4 is 0 Å². The third kappa shape index (κ3) is 7.04. The highest BCUT2D eigenvalue weighted by atomic mass is 32.2. The molecule has 0 radical (unpaired) electrons. The fourth-order valence-electron chi connectivity index (χ4n) is 0.612. The molecule has 0 aliphatic carbocycles. The standard InChI is InChI=1S/C5H11O6PS/c1-13-3-2-4(5(6)7)11-12(8,9)10/h4H,2-3H2,1H3,(H,6,7)(H2,8,9,10). The molecule has 78 valence electrons. The van der Waals surface area contributed by atoms with Crippen molar-refractivity contribution in [3.8, 4) is 0 Å². The van der Waals surface area contributed by atoms with Crippen molar-refractivity contribution in [3.05, 3.63) is 0 Å². The predicted molar refractivity (Wildman–Crippen MR) is 47.6 cm³/mol. The topological polar surface area (TPSA) is 104 Å². The molecule has 1 unspecified atom stereocenters. The Balaban J connectivity index is 4.11. The summed E-state index contributed by atoms with van der Waals surface area (Å²) in [5, 5.41) is 8.49. The lowest BCUT2D eigenvalue weighted by molar-refractivity contribution is -0.146. The van der Waals surface area contributed by atoms with Gasteiger partial charge in [-0.25, -0.2) is 9.36 Å². The number of hydrogen-bond acceptors (Lipinski definition) is 4. The third-order valence-electron chi connectivity index (χ3n) is 1.12. The van der Waals surface area contributed by atoms with Gasteiger partial charge in [0.1, 0.15) is 0 Å². The molecule has 6 nitrogen and oxygen atoms in total. The molecule has 0 aromatic heterocycles. The van der Waals surface area contributed by atoms with Crippen molar-refractivity contribution in [1.82, 2.24) is 0 Å². The normalized spacial score (nSPS) is 14.1. The minimum Gasteiger partial charge on any atom is -0.479 e. The van der Waals surface area contributed by atoms with Crippen LogP contribution in [0, 0.1) is 0 Å². The summed E-state index contributed by atoms with van der Waals surface area (Å²) < 4.78 is 14.4. The molecule has 0 bridgehead atoms. The van der Waals surface area contributed by atoms with Gasteiger partial charge in [0, 0.05) is 0 Å². The Morgan fingerprint density at radius 1 is 1.62 bits per heavy atom. The summed E-state index contributed by atoms with van der Waals surface area (Å²) in [5.41, 5.74) is 0. The SMILES string of the molecule is CSCCC(OP(=O)(O)O)C(=O)O. The van der Waals surface area contributed by atoms with E-state index in [2.05, 4.69) is 4.52 Å². The Labute approximate surface area is 79.5 Å². The first-order valence-corrected chi connectivity index (χ1v) is 6.25. The Morgan fingerprint density at radius 2 is 2.15 bits per heavy atom. The predicted octanol–water partition coefficient (Wildman–Crippen LogP) is 0.302. The van der Waals surface area contributed by atoms with Crippen LogP contribution in [-0.4, -0.2) is 39.0 Å². The van der Waals surface area contributed by atoms with Crippen LogP contribution in [0.2, 0.25) is 0 Å². The summed E-state index contributed by atoms with van der Waals surface area (Å²) in [6, 6.07) is 0. The van der Waals surface area contributed by atoms with E-state index in [4.69, 9.17) is 14.9 Å². The van der Waals surface area contributed by atoms with Crippen LogP contribution in [0.15, 0.2) is 0 Å². The maximum absolute atomic E-state index is 10.4. The van der Waals surface area contributed by atoms with Crippen molar-refractivity contribution >= 4 is 25.6 Å². The Hall–Kier alpha value is -0.0700. The van der Waals surface area contributed by atoms with E-state index >= 15 is 0 Å². The van der Waals surface area contributed by atoms with Crippen molar-refractivity contribution < 1.29 is 28.8 Å². The van der Waals surface area contributed by atoms with Gasteiger partial charge in [0.25, 0.3) is 0 Å². The fraction of sp³-hybridized carbons (Fsp3) is 0.800. The molecule has 0 aliphatic heterocycles. The van der Waals surface area contributed by atoms with Gasteiger partial charge in [0.2, 0.25) is 0 Å². The van der Waals surface area contributed by atoms with Crippen LogP contribution in [0.5, 0.6) is 0 Å². The highest BCUT2D eigenvalue weighted by molar-refractivity contribution is 7.98. The number of carbonyl (C=O) groups is 1. The quantitative estimate of drug-likeness (QED) is 0.564. The maximum atomic E-state index is 10.4. The van der Waals surface area contributed by atoms with Gasteiger partial charge >= 0.3 is 13.8 Å². The highest BCUT2D eigenvalue weighted by Gasteiger charge is 2.27. The second-order valence-electron chi connectivity index (χ2n) is 2.20. The molecule has 13 heavy (non-hydrogen) atoms. The van der Waals surface area contributed by atoms with E-state index in [0.717, 1.165) is 0 Å². The zero-order valence-electron chi connectivity index (χ0n) is 6.91. The van der Waals surface area contributed by atoms with E-state index in [1.54, 1.807) is 6.26 Å². The first-order valence-electron chi connectivity index (χ1n) is 3.32. The van der Waals surface area contributed by atoms with Gasteiger partial charge in [-0.15, -0.1) is 0 Å². The summed E-state index contributed by atoms with van der Waals surface area (Å²) in [4.78, 5) is 27.1. The van der Waals surface area contributed by atoms with Crippen LogP contribution in [0.1, 0.15) is 6.42 Å². The van der Waals surface area contributed by atoms with Gasteiger partial charge in [-0.1, -0.05) is 0 Å². The molecule has 8 heteroatoms. The molecule has 0 aromatic carbocycles. The van der Waals surface area contributed by atoms with Gasteiger partial charge in [0.15, 0.2) is 6.10 Å². The van der Waals surface area contributed by atoms with Crippen LogP contribution in [0.4, 0.5) is 0 Å². The second-order valence-corrected chi connectivity index (χ2v) is 4.38. The summed E-state index contributed by atoms with van der Waals surface area (Å²) in [6.45, 7) is 0. The van der Waals surface area contributed by atoms with E-state index in [0.29, 0.717) is 5.75 Å². The number of aliphatic carboxylic acids is 1. The van der Waals surface area contributed by atoms with E-state index in [9.17, 15) is 9.36 Å². The summed E-state index contributed by atoms with van der Waals surface area (Å²) >= 11 is 1.38. The molecular formula is C5H11O6PS. The first-order chi connectivity index (χ1) is 5.87. The lowest BCUT2D eigenvalue weighted by Crippen LogP contribution is -2.23. The smallest absolute Gasteiger partial charge is 0.470 e. The maximum Gasteiger partial charge on any atom is 0.470 e. The van der Waals surface area contributed by atoms with E-state index in [1.165, 1.54) is 11.8 Å². The number of hydrogen-bond donors (Lipinski definition) is 3. The summed E-state index contributed by atoms with van der Waals surface area (Å²) in [7, 11) is -4.71. The number of carboxylic acids is 1. The summed E-state index contributed by atoms with van der Waals surface area (Å²) in [5.74, 6) is -0.894. The van der Waals surface area contributed by atoms with Gasteiger partial charge in [-0.3, -0.25) is 4.52 Å². The molecule has 0 saturated carbocycles. The largest absolute Gasteiger partial charge is 0.479 e. The van der Waals surface area contributed by atoms with Crippen LogP contribution in [0.25, 0.3) is 0 Å². The molecule has 1 atom stereocenters. The Bertz CT molecular complexity index is 213. The molecule has 0 aliphatic rings. The molecule has 0 aromatic rings. The lowest BCUT2D eigenvalue weighted by Gasteiger charge is -2.12. The Morgan fingerprint density at radius 3 is 2.46 bits per heavy atom. The third-order valence-corrected chi connectivity index (χ3v) is 2.30. The number of phosphoric acid groups is 1. The molecule has 0 spiro atoms. The van der Waals surface area contributed by atoms with Crippen molar-refractivity contribution in [3.63, 3.8) is 0 Å². The minimum atomic E-state index is -4.71. The van der Waals surface area contributed by atoms with Crippen LogP contribution >= 0.6 is 19.6 Å². The fourth-order valence-corrected chi connectivity index (χ4v) is 1.59. The number of carboxylic acid groups (broad SMARTS) is 1. The highest BCUT2D eigenvalue weighted by Crippen LogP contribution is 2.38. The zero-order chi connectivity index (χ0) is 10.5. The molecule has 0 heterocycles. The monoisotopic (exact) mass is 230 g/mol. The van der Waals surface area contributed by atoms with Crippen molar-refractivity contribution in [1.29, 1.82) is 0 Å². The number of phosphoric ester groups is 1. The van der Waals surface area contributed by atoms with Crippen molar-refractivity contribution in [2.24, 2.45) is 0 Å². The number of rotatable bonds is 6. The van der Waals surface area contributed by atoms with Crippen molar-refractivity contribution in [2.75, 3.05) is 12.0 Å². The lowest BCUT2D eigenvalue weighted by atomic mass is 10.3. The molecular weight excluding hydrogens is 219 g/mol.